The summed E-state index contributed by atoms with van der Waals surface area (Å²) < 4.78 is 5.30. The molecule has 2 rings (SSSR count). The van der Waals surface area contributed by atoms with E-state index in [4.69, 9.17) is 4.74 Å². The Morgan fingerprint density at radius 1 is 0.889 bits per heavy atom. The van der Waals surface area contributed by atoms with Crippen molar-refractivity contribution in [2.24, 2.45) is 5.92 Å². The van der Waals surface area contributed by atoms with Gasteiger partial charge in [0.15, 0.2) is 0 Å². The minimum atomic E-state index is 0.599. The average Bonchev–Trinajstić information content (AvgIpc) is 2.67. The normalized spacial score (nSPS) is 12.2. The van der Waals surface area contributed by atoms with Gasteiger partial charge >= 0.3 is 0 Å². The lowest BCUT2D eigenvalue weighted by atomic mass is 9.88. The van der Waals surface area contributed by atoms with Crippen LogP contribution in [0.25, 0.3) is 0 Å². The van der Waals surface area contributed by atoms with Gasteiger partial charge in [-0.05, 0) is 66.6 Å². The summed E-state index contributed by atoms with van der Waals surface area (Å²) in [5, 5.41) is 3.62. The molecule has 2 aromatic carbocycles. The van der Waals surface area contributed by atoms with Gasteiger partial charge in [-0.2, -0.15) is 0 Å². The molecule has 0 bridgehead atoms. The molecule has 3 heteroatoms. The number of hydrogen-bond donors (Lipinski definition) is 1. The van der Waals surface area contributed by atoms with Crippen LogP contribution in [0.1, 0.15) is 50.2 Å². The molecule has 0 aliphatic rings. The van der Waals surface area contributed by atoms with Crippen LogP contribution in [-0.4, -0.2) is 27.7 Å². The Morgan fingerprint density at radius 2 is 1.56 bits per heavy atom. The van der Waals surface area contributed by atoms with Crippen molar-refractivity contribution < 1.29 is 4.74 Å². The lowest BCUT2D eigenvalue weighted by Crippen LogP contribution is -2.18. The maximum absolute atomic E-state index is 5.30. The Kier molecular flexibility index (Phi) is 8.66. The Hall–Kier alpha value is -2.00. The zero-order chi connectivity index (χ0) is 19.6. The van der Waals surface area contributed by atoms with Gasteiger partial charge in [0.1, 0.15) is 5.75 Å². The van der Waals surface area contributed by atoms with Gasteiger partial charge in [0.2, 0.25) is 0 Å². The summed E-state index contributed by atoms with van der Waals surface area (Å²) in [7, 11) is 5.87. The SMILES string of the molecule is COc1ccc([C@H](CCNCc2ccc(N(C)C)cc2)CCC(C)C)cc1. The second-order valence-electron chi connectivity index (χ2n) is 7.97. The summed E-state index contributed by atoms with van der Waals surface area (Å²) in [5.74, 6) is 2.27. The molecule has 2 aromatic rings. The predicted octanol–water partition coefficient (Wildman–Crippen LogP) is 5.46. The highest BCUT2D eigenvalue weighted by Gasteiger charge is 2.12. The van der Waals surface area contributed by atoms with Gasteiger partial charge in [-0.3, -0.25) is 0 Å². The molecule has 0 saturated carbocycles. The number of nitrogens with zero attached hydrogens (tertiary/aromatic N) is 1. The molecule has 148 valence electrons. The van der Waals surface area contributed by atoms with Gasteiger partial charge in [-0.25, -0.2) is 0 Å². The number of rotatable bonds is 11. The van der Waals surface area contributed by atoms with E-state index >= 15 is 0 Å². The van der Waals surface area contributed by atoms with E-state index in [2.05, 4.69) is 86.7 Å². The number of methoxy groups -OCH3 is 1. The first-order chi connectivity index (χ1) is 13.0. The average molecular weight is 369 g/mol. The van der Waals surface area contributed by atoms with Gasteiger partial charge in [0.05, 0.1) is 7.11 Å². The van der Waals surface area contributed by atoms with Gasteiger partial charge < -0.3 is 15.0 Å². The molecule has 1 atom stereocenters. The molecule has 3 nitrogen and oxygen atoms in total. The number of nitrogens with one attached hydrogen (secondary N) is 1. The molecule has 0 radical (unpaired) electrons. The van der Waals surface area contributed by atoms with E-state index in [0.717, 1.165) is 31.2 Å². The smallest absolute Gasteiger partial charge is 0.118 e. The predicted molar refractivity (Wildman–Crippen MR) is 117 cm³/mol. The molecule has 0 aliphatic heterocycles. The number of ether oxygens (including phenoxy) is 1. The molecule has 0 saturated heterocycles. The van der Waals surface area contributed by atoms with Gasteiger partial charge in [0.25, 0.3) is 0 Å². The molecule has 0 amide bonds. The van der Waals surface area contributed by atoms with Crippen molar-refractivity contribution in [1.82, 2.24) is 5.32 Å². The molecule has 0 aliphatic carbocycles. The highest BCUT2D eigenvalue weighted by molar-refractivity contribution is 5.45. The fraction of sp³-hybridized carbons (Fsp3) is 0.500. The summed E-state index contributed by atoms with van der Waals surface area (Å²) in [4.78, 5) is 2.13. The van der Waals surface area contributed by atoms with Gasteiger partial charge in [-0.15, -0.1) is 0 Å². The zero-order valence-electron chi connectivity index (χ0n) is 17.7. The minimum absolute atomic E-state index is 0.599. The monoisotopic (exact) mass is 368 g/mol. The van der Waals surface area contributed by atoms with E-state index in [9.17, 15) is 0 Å². The molecule has 0 aromatic heterocycles. The van der Waals surface area contributed by atoms with Crippen molar-refractivity contribution in [2.45, 2.75) is 45.6 Å². The van der Waals surface area contributed by atoms with Crippen LogP contribution >= 0.6 is 0 Å². The van der Waals surface area contributed by atoms with Crippen LogP contribution in [0.4, 0.5) is 5.69 Å². The first kappa shape index (κ1) is 21.3. The molecule has 0 spiro atoms. The van der Waals surface area contributed by atoms with E-state index < -0.39 is 0 Å². The Morgan fingerprint density at radius 3 is 2.11 bits per heavy atom. The second-order valence-corrected chi connectivity index (χ2v) is 7.97. The zero-order valence-corrected chi connectivity index (χ0v) is 17.7. The van der Waals surface area contributed by atoms with E-state index in [1.807, 2.05) is 0 Å². The Bertz CT molecular complexity index is 647. The first-order valence-electron chi connectivity index (χ1n) is 10.1. The molecule has 0 fully saturated rings. The van der Waals surface area contributed by atoms with Gasteiger partial charge in [0, 0.05) is 26.3 Å². The standard InChI is InChI=1S/C24H36N2O/c1-19(2)6-9-22(21-10-14-24(27-5)15-11-21)16-17-25-18-20-7-12-23(13-8-20)26(3)4/h7-8,10-15,19,22,25H,6,9,16-18H2,1-5H3/t22-/m0/s1. The van der Waals surface area contributed by atoms with E-state index in [1.165, 1.54) is 29.7 Å². The Balaban J connectivity index is 1.86. The maximum Gasteiger partial charge on any atom is 0.118 e. The van der Waals surface area contributed by atoms with Crippen molar-refractivity contribution >= 4 is 5.69 Å². The number of benzene rings is 2. The van der Waals surface area contributed by atoms with Crippen LogP contribution in [0.3, 0.4) is 0 Å². The lowest BCUT2D eigenvalue weighted by Gasteiger charge is -2.19. The van der Waals surface area contributed by atoms with Crippen molar-refractivity contribution in [3.63, 3.8) is 0 Å². The summed E-state index contributed by atoms with van der Waals surface area (Å²) in [6, 6.07) is 17.4. The quantitative estimate of drug-likeness (QED) is 0.533. The largest absolute Gasteiger partial charge is 0.497 e. The van der Waals surface area contributed by atoms with Crippen LogP contribution in [0.5, 0.6) is 5.75 Å². The van der Waals surface area contributed by atoms with E-state index in [0.29, 0.717) is 5.92 Å². The van der Waals surface area contributed by atoms with E-state index in [1.54, 1.807) is 7.11 Å². The highest BCUT2D eigenvalue weighted by atomic mass is 16.5. The van der Waals surface area contributed by atoms with Crippen LogP contribution in [-0.2, 0) is 6.54 Å². The Labute approximate surface area is 165 Å². The fourth-order valence-electron chi connectivity index (χ4n) is 3.31. The summed E-state index contributed by atoms with van der Waals surface area (Å²) in [6.45, 7) is 6.57. The van der Waals surface area contributed by atoms with Crippen LogP contribution in [0.15, 0.2) is 48.5 Å². The summed E-state index contributed by atoms with van der Waals surface area (Å²) in [6.07, 6.45) is 3.67. The first-order valence-corrected chi connectivity index (χ1v) is 10.1. The third kappa shape index (κ3) is 7.26. The fourth-order valence-corrected chi connectivity index (χ4v) is 3.31. The second kappa shape index (κ2) is 11.0. The van der Waals surface area contributed by atoms with E-state index in [-0.39, 0.29) is 0 Å². The molecule has 1 N–H and O–H groups in total. The van der Waals surface area contributed by atoms with Crippen LogP contribution in [0.2, 0.25) is 0 Å². The number of hydrogen-bond acceptors (Lipinski definition) is 3. The van der Waals surface area contributed by atoms with Crippen molar-refractivity contribution in [1.29, 1.82) is 0 Å². The van der Waals surface area contributed by atoms with Crippen molar-refractivity contribution in [3.8, 4) is 5.75 Å². The number of anilines is 1. The van der Waals surface area contributed by atoms with Crippen molar-refractivity contribution in [2.75, 3.05) is 32.6 Å². The van der Waals surface area contributed by atoms with Gasteiger partial charge in [-0.1, -0.05) is 44.5 Å². The molecule has 0 heterocycles. The third-order valence-electron chi connectivity index (χ3n) is 5.13. The van der Waals surface area contributed by atoms with Crippen molar-refractivity contribution in [3.05, 3.63) is 59.7 Å². The molecular weight excluding hydrogens is 332 g/mol. The molecule has 0 unspecified atom stereocenters. The van der Waals surface area contributed by atoms with Crippen LogP contribution < -0.4 is 15.0 Å². The summed E-state index contributed by atoms with van der Waals surface area (Å²) in [5.41, 5.74) is 4.00. The maximum atomic E-state index is 5.30. The highest BCUT2D eigenvalue weighted by Crippen LogP contribution is 2.28. The summed E-state index contributed by atoms with van der Waals surface area (Å²) >= 11 is 0. The third-order valence-corrected chi connectivity index (χ3v) is 5.13. The van der Waals surface area contributed by atoms with Crippen LogP contribution in [0, 0.1) is 5.92 Å². The molecular formula is C24H36N2O. The molecule has 27 heavy (non-hydrogen) atoms. The minimum Gasteiger partial charge on any atom is -0.497 e. The topological polar surface area (TPSA) is 24.5 Å². The lowest BCUT2D eigenvalue weighted by molar-refractivity contribution is 0.414.